The van der Waals surface area contributed by atoms with Gasteiger partial charge < -0.3 is 9.73 Å². The Labute approximate surface area is 163 Å². The van der Waals surface area contributed by atoms with Crippen molar-refractivity contribution in [1.29, 1.82) is 0 Å². The zero-order valence-corrected chi connectivity index (χ0v) is 15.4. The number of hydrogen-bond donors (Lipinski definition) is 2. The van der Waals surface area contributed by atoms with Gasteiger partial charge in [-0.25, -0.2) is 4.98 Å². The molecule has 0 spiro atoms. The number of carbonyl (C=O) groups excluding carboxylic acids is 1. The third kappa shape index (κ3) is 3.30. The molecule has 1 amide bonds. The van der Waals surface area contributed by atoms with Gasteiger partial charge in [-0.05, 0) is 24.3 Å². The largest absolute Gasteiger partial charge is 0.454 e. The van der Waals surface area contributed by atoms with Crippen molar-refractivity contribution in [2.45, 2.75) is 0 Å². The summed E-state index contributed by atoms with van der Waals surface area (Å²) in [6, 6.07) is 13.8. The Morgan fingerprint density at radius 2 is 2.04 bits per heavy atom. The number of nitro benzene ring substituents is 1. The summed E-state index contributed by atoms with van der Waals surface area (Å²) >= 11 is 1.25. The Balaban J connectivity index is 1.56. The number of fused-ring (bicyclic) bond motifs is 1. The molecule has 4 rings (SSSR count). The van der Waals surface area contributed by atoms with Crippen molar-refractivity contribution in [2.24, 2.45) is 0 Å². The van der Waals surface area contributed by atoms with Crippen LogP contribution in [0.2, 0.25) is 0 Å². The van der Waals surface area contributed by atoms with Crippen LogP contribution in [0.3, 0.4) is 0 Å². The van der Waals surface area contributed by atoms with E-state index < -0.39 is 10.8 Å². The normalized spacial score (nSPS) is 10.8. The number of carbonyl (C=O) groups is 1. The molecule has 2 heterocycles. The van der Waals surface area contributed by atoms with E-state index in [4.69, 9.17) is 4.42 Å². The van der Waals surface area contributed by atoms with E-state index in [0.717, 1.165) is 11.0 Å². The van der Waals surface area contributed by atoms with Crippen LogP contribution in [-0.4, -0.2) is 22.9 Å². The summed E-state index contributed by atoms with van der Waals surface area (Å²) in [5.41, 5.74) is 1.70. The lowest BCUT2D eigenvalue weighted by molar-refractivity contribution is -0.384. The molecule has 0 bridgehead atoms. The first-order valence-corrected chi connectivity index (χ1v) is 9.15. The van der Waals surface area contributed by atoms with E-state index in [2.05, 4.69) is 15.6 Å². The Morgan fingerprint density at radius 1 is 1.21 bits per heavy atom. The van der Waals surface area contributed by atoms with Crippen molar-refractivity contribution in [3.63, 3.8) is 0 Å². The standard InChI is InChI=1S/C19H14N4O4S/c1-20-13-7-6-12(8-15(13)23(25)26)18(24)22-19-21-14(10-28-19)17-9-11-4-2-3-5-16(11)27-17/h2-10,20H,1H3,(H,21,22,24). The number of furan rings is 1. The number of amides is 1. The molecule has 0 saturated heterocycles. The molecule has 0 aliphatic carbocycles. The fourth-order valence-corrected chi connectivity index (χ4v) is 3.45. The van der Waals surface area contributed by atoms with E-state index in [1.807, 2.05) is 30.3 Å². The predicted octanol–water partition coefficient (Wildman–Crippen LogP) is 4.76. The highest BCUT2D eigenvalue weighted by Crippen LogP contribution is 2.31. The van der Waals surface area contributed by atoms with Crippen molar-refractivity contribution < 1.29 is 14.1 Å². The van der Waals surface area contributed by atoms with Crippen LogP contribution >= 0.6 is 11.3 Å². The second kappa shape index (κ2) is 7.12. The van der Waals surface area contributed by atoms with E-state index in [1.165, 1.54) is 29.5 Å². The van der Waals surface area contributed by atoms with Crippen molar-refractivity contribution in [3.05, 3.63) is 69.6 Å². The molecule has 9 heteroatoms. The summed E-state index contributed by atoms with van der Waals surface area (Å²) in [6.07, 6.45) is 0. The van der Waals surface area contributed by atoms with Crippen LogP contribution in [0.25, 0.3) is 22.4 Å². The lowest BCUT2D eigenvalue weighted by Crippen LogP contribution is -2.12. The van der Waals surface area contributed by atoms with Crippen LogP contribution in [0.1, 0.15) is 10.4 Å². The zero-order valence-electron chi connectivity index (χ0n) is 14.6. The number of thiazole rings is 1. The molecule has 2 N–H and O–H groups in total. The molecule has 2 aromatic heterocycles. The summed E-state index contributed by atoms with van der Waals surface area (Å²) < 4.78 is 5.77. The van der Waals surface area contributed by atoms with Gasteiger partial charge in [0, 0.05) is 29.4 Å². The summed E-state index contributed by atoms with van der Waals surface area (Å²) in [7, 11) is 1.58. The molecule has 0 atom stereocenters. The number of nitrogens with one attached hydrogen (secondary N) is 2. The van der Waals surface area contributed by atoms with Crippen LogP contribution in [0.15, 0.2) is 58.3 Å². The Bertz CT molecular complexity index is 1160. The van der Waals surface area contributed by atoms with Crippen LogP contribution in [-0.2, 0) is 0 Å². The van der Waals surface area contributed by atoms with Gasteiger partial charge in [0.2, 0.25) is 0 Å². The van der Waals surface area contributed by atoms with Gasteiger partial charge in [0.15, 0.2) is 10.9 Å². The summed E-state index contributed by atoms with van der Waals surface area (Å²) in [5, 5.41) is 19.7. The quantitative estimate of drug-likeness (QED) is 0.373. The fraction of sp³-hybridized carbons (Fsp3) is 0.0526. The molecule has 2 aromatic carbocycles. The second-order valence-electron chi connectivity index (χ2n) is 5.88. The minimum absolute atomic E-state index is 0.169. The van der Waals surface area contributed by atoms with Crippen LogP contribution in [0, 0.1) is 10.1 Å². The summed E-state index contributed by atoms with van der Waals surface area (Å²) in [4.78, 5) is 27.5. The number of hydrogen-bond acceptors (Lipinski definition) is 7. The topological polar surface area (TPSA) is 110 Å². The van der Waals surface area contributed by atoms with E-state index in [1.54, 1.807) is 12.4 Å². The molecule has 0 radical (unpaired) electrons. The maximum atomic E-state index is 12.5. The number of anilines is 2. The van der Waals surface area contributed by atoms with Gasteiger partial charge in [0.05, 0.1) is 4.92 Å². The van der Waals surface area contributed by atoms with Crippen molar-refractivity contribution in [2.75, 3.05) is 17.7 Å². The first-order valence-electron chi connectivity index (χ1n) is 8.27. The van der Waals surface area contributed by atoms with Gasteiger partial charge in [-0.2, -0.15) is 0 Å². The van der Waals surface area contributed by atoms with Crippen molar-refractivity contribution in [1.82, 2.24) is 4.98 Å². The minimum atomic E-state index is -0.536. The monoisotopic (exact) mass is 394 g/mol. The first kappa shape index (κ1) is 17.7. The lowest BCUT2D eigenvalue weighted by Gasteiger charge is -2.05. The molecule has 0 fully saturated rings. The average molecular weight is 394 g/mol. The zero-order chi connectivity index (χ0) is 19.7. The van der Waals surface area contributed by atoms with E-state index >= 15 is 0 Å². The highest BCUT2D eigenvalue weighted by molar-refractivity contribution is 7.14. The summed E-state index contributed by atoms with van der Waals surface area (Å²) in [6.45, 7) is 0. The SMILES string of the molecule is CNc1ccc(C(=O)Nc2nc(-c3cc4ccccc4o3)cs2)cc1[N+](=O)[O-]. The highest BCUT2D eigenvalue weighted by Gasteiger charge is 2.18. The molecule has 28 heavy (non-hydrogen) atoms. The van der Waals surface area contributed by atoms with Crippen LogP contribution in [0.5, 0.6) is 0 Å². The fourth-order valence-electron chi connectivity index (χ4n) is 2.76. The predicted molar refractivity (Wildman–Crippen MR) is 108 cm³/mol. The first-order chi connectivity index (χ1) is 13.5. The van der Waals surface area contributed by atoms with Gasteiger partial charge in [0.1, 0.15) is 17.0 Å². The van der Waals surface area contributed by atoms with Gasteiger partial charge in [0.25, 0.3) is 11.6 Å². The van der Waals surface area contributed by atoms with Crippen molar-refractivity contribution in [3.8, 4) is 11.5 Å². The Morgan fingerprint density at radius 3 is 2.79 bits per heavy atom. The lowest BCUT2D eigenvalue weighted by atomic mass is 10.1. The van der Waals surface area contributed by atoms with Crippen LogP contribution < -0.4 is 10.6 Å². The van der Waals surface area contributed by atoms with Gasteiger partial charge >= 0.3 is 0 Å². The molecule has 8 nitrogen and oxygen atoms in total. The number of nitro groups is 1. The molecule has 4 aromatic rings. The number of aromatic nitrogens is 1. The highest BCUT2D eigenvalue weighted by atomic mass is 32.1. The van der Waals surface area contributed by atoms with E-state index in [9.17, 15) is 14.9 Å². The molecule has 0 aliphatic rings. The second-order valence-corrected chi connectivity index (χ2v) is 6.74. The molecule has 0 saturated carbocycles. The Hall–Kier alpha value is -3.72. The number of nitrogens with zero attached hydrogens (tertiary/aromatic N) is 2. The minimum Gasteiger partial charge on any atom is -0.454 e. The van der Waals surface area contributed by atoms with Gasteiger partial charge in [-0.3, -0.25) is 20.2 Å². The van der Waals surface area contributed by atoms with Gasteiger partial charge in [-0.15, -0.1) is 11.3 Å². The number of benzene rings is 2. The molecular weight excluding hydrogens is 380 g/mol. The summed E-state index contributed by atoms with van der Waals surface area (Å²) in [5.74, 6) is 0.128. The molecule has 0 aliphatic heterocycles. The number of rotatable bonds is 5. The third-order valence-corrected chi connectivity index (χ3v) is 4.89. The van der Waals surface area contributed by atoms with E-state index in [0.29, 0.717) is 22.3 Å². The smallest absolute Gasteiger partial charge is 0.293 e. The van der Waals surface area contributed by atoms with Crippen molar-refractivity contribution >= 4 is 44.7 Å². The maximum Gasteiger partial charge on any atom is 0.293 e. The Kier molecular flexibility index (Phi) is 4.50. The molecule has 0 unspecified atom stereocenters. The maximum absolute atomic E-state index is 12.5. The van der Waals surface area contributed by atoms with Gasteiger partial charge in [-0.1, -0.05) is 18.2 Å². The molecule has 140 valence electrons. The average Bonchev–Trinajstić information content (AvgIpc) is 3.33. The number of para-hydroxylation sites is 1. The van der Waals surface area contributed by atoms with E-state index in [-0.39, 0.29) is 11.3 Å². The third-order valence-electron chi connectivity index (χ3n) is 4.13. The molecular formula is C19H14N4O4S. The van der Waals surface area contributed by atoms with Crippen LogP contribution in [0.4, 0.5) is 16.5 Å².